The van der Waals surface area contributed by atoms with Crippen LogP contribution in [-0.4, -0.2) is 22.9 Å². The van der Waals surface area contributed by atoms with E-state index < -0.39 is 0 Å². The lowest BCUT2D eigenvalue weighted by molar-refractivity contribution is 0.477. The first kappa shape index (κ1) is 10.2. The normalized spacial score (nSPS) is 20.5. The zero-order valence-corrected chi connectivity index (χ0v) is 9.25. The molecule has 0 aromatic carbocycles. The van der Waals surface area contributed by atoms with Crippen LogP contribution < -0.4 is 5.32 Å². The molecule has 0 aliphatic carbocycles. The van der Waals surface area contributed by atoms with Crippen LogP contribution >= 0.6 is 0 Å². The molecule has 2 rings (SSSR count). The van der Waals surface area contributed by atoms with Crippen LogP contribution in [0.2, 0.25) is 0 Å². The highest BCUT2D eigenvalue weighted by atomic mass is 15.3. The summed E-state index contributed by atoms with van der Waals surface area (Å²) < 4.78 is 2.09. The van der Waals surface area contributed by atoms with Crippen molar-refractivity contribution in [1.29, 1.82) is 5.26 Å². The van der Waals surface area contributed by atoms with Crippen LogP contribution in [0.1, 0.15) is 29.4 Å². The van der Waals surface area contributed by atoms with Gasteiger partial charge in [-0.1, -0.05) is 0 Å². The van der Waals surface area contributed by atoms with Crippen LogP contribution in [0.4, 0.5) is 0 Å². The summed E-state index contributed by atoms with van der Waals surface area (Å²) in [6.07, 6.45) is 1.60. The lowest BCUT2D eigenvalue weighted by atomic mass is 10.1. The summed E-state index contributed by atoms with van der Waals surface area (Å²) in [4.78, 5) is 0. The Morgan fingerprint density at radius 1 is 1.60 bits per heavy atom. The third kappa shape index (κ3) is 1.75. The predicted molar refractivity (Wildman–Crippen MR) is 57.5 cm³/mol. The number of nitrogens with one attached hydrogen (secondary N) is 1. The van der Waals surface area contributed by atoms with Crippen LogP contribution in [0.5, 0.6) is 0 Å². The second kappa shape index (κ2) is 4.03. The number of hydrogen-bond acceptors (Lipinski definition) is 3. The third-order valence-corrected chi connectivity index (χ3v) is 3.11. The summed E-state index contributed by atoms with van der Waals surface area (Å²) >= 11 is 0. The fraction of sp³-hybridized carbons (Fsp3) is 0.636. The molecule has 1 aromatic rings. The van der Waals surface area contributed by atoms with Gasteiger partial charge in [0.15, 0.2) is 0 Å². The van der Waals surface area contributed by atoms with Crippen molar-refractivity contribution in [2.24, 2.45) is 0 Å². The first-order valence-corrected chi connectivity index (χ1v) is 5.36. The molecule has 4 nitrogen and oxygen atoms in total. The summed E-state index contributed by atoms with van der Waals surface area (Å²) in [6.45, 7) is 6.11. The standard InChI is InChI=1S/C11H16N4/c1-8-11(3-5-12)9(2)15(14-8)10-4-6-13-7-10/h10,13H,3-4,6-7H2,1-2H3. The Hall–Kier alpha value is -1.34. The molecule has 4 heteroatoms. The molecule has 1 aliphatic heterocycles. The van der Waals surface area contributed by atoms with E-state index in [-0.39, 0.29) is 0 Å². The van der Waals surface area contributed by atoms with Gasteiger partial charge in [-0.3, -0.25) is 4.68 Å². The fourth-order valence-corrected chi connectivity index (χ4v) is 2.24. The summed E-state index contributed by atoms with van der Waals surface area (Å²) in [7, 11) is 0. The maximum absolute atomic E-state index is 8.74. The van der Waals surface area contributed by atoms with E-state index in [1.165, 1.54) is 0 Å². The van der Waals surface area contributed by atoms with Crippen molar-refractivity contribution >= 4 is 0 Å². The van der Waals surface area contributed by atoms with Gasteiger partial charge >= 0.3 is 0 Å². The monoisotopic (exact) mass is 204 g/mol. The van der Waals surface area contributed by atoms with Gasteiger partial charge in [-0.2, -0.15) is 10.4 Å². The summed E-state index contributed by atoms with van der Waals surface area (Å²) in [5.41, 5.74) is 3.26. The second-order valence-corrected chi connectivity index (χ2v) is 4.08. The first-order chi connectivity index (χ1) is 7.24. The molecule has 1 aliphatic rings. The summed E-state index contributed by atoms with van der Waals surface area (Å²) in [5, 5.41) is 16.6. The molecule has 1 fully saturated rings. The van der Waals surface area contributed by atoms with E-state index >= 15 is 0 Å². The van der Waals surface area contributed by atoms with Gasteiger partial charge in [-0.15, -0.1) is 0 Å². The van der Waals surface area contributed by atoms with Crippen LogP contribution in [0, 0.1) is 25.2 Å². The van der Waals surface area contributed by atoms with E-state index in [4.69, 9.17) is 5.26 Å². The number of nitrogens with zero attached hydrogens (tertiary/aromatic N) is 3. The highest BCUT2D eigenvalue weighted by Crippen LogP contribution is 2.21. The average Bonchev–Trinajstić information content (AvgIpc) is 2.81. The number of rotatable bonds is 2. The van der Waals surface area contributed by atoms with Gasteiger partial charge in [-0.25, -0.2) is 0 Å². The SMILES string of the molecule is Cc1nn(C2CCNC2)c(C)c1CC#N. The van der Waals surface area contributed by atoms with Gasteiger partial charge < -0.3 is 5.32 Å². The topological polar surface area (TPSA) is 53.6 Å². The first-order valence-electron chi connectivity index (χ1n) is 5.36. The number of aryl methyl sites for hydroxylation is 1. The minimum Gasteiger partial charge on any atom is -0.315 e. The molecule has 0 bridgehead atoms. The van der Waals surface area contributed by atoms with Gasteiger partial charge in [-0.05, 0) is 26.8 Å². The van der Waals surface area contributed by atoms with E-state index in [0.29, 0.717) is 12.5 Å². The van der Waals surface area contributed by atoms with Gasteiger partial charge in [0.05, 0.1) is 24.2 Å². The quantitative estimate of drug-likeness (QED) is 0.785. The molecule has 0 radical (unpaired) electrons. The maximum atomic E-state index is 8.74. The van der Waals surface area contributed by atoms with Crippen molar-refractivity contribution in [3.63, 3.8) is 0 Å². The minimum atomic E-state index is 0.469. The van der Waals surface area contributed by atoms with Crippen molar-refractivity contribution in [2.75, 3.05) is 13.1 Å². The highest BCUT2D eigenvalue weighted by molar-refractivity contribution is 5.27. The Morgan fingerprint density at radius 3 is 3.00 bits per heavy atom. The van der Waals surface area contributed by atoms with Gasteiger partial charge in [0.2, 0.25) is 0 Å². The van der Waals surface area contributed by atoms with Gasteiger partial charge in [0.25, 0.3) is 0 Å². The Balaban J connectivity index is 2.33. The molecule has 1 atom stereocenters. The predicted octanol–water partition coefficient (Wildman–Crippen LogP) is 1.10. The molecular weight excluding hydrogens is 188 g/mol. The molecule has 0 saturated carbocycles. The van der Waals surface area contributed by atoms with E-state index in [1.807, 2.05) is 6.92 Å². The number of hydrogen-bond donors (Lipinski definition) is 1. The van der Waals surface area contributed by atoms with E-state index in [9.17, 15) is 0 Å². The molecule has 0 spiro atoms. The zero-order chi connectivity index (χ0) is 10.8. The molecule has 1 saturated heterocycles. The van der Waals surface area contributed by atoms with Gasteiger partial charge in [0, 0.05) is 17.8 Å². The Kier molecular flexibility index (Phi) is 2.74. The number of aromatic nitrogens is 2. The molecule has 15 heavy (non-hydrogen) atoms. The smallest absolute Gasteiger partial charge is 0.0671 e. The van der Waals surface area contributed by atoms with Crippen LogP contribution in [0.15, 0.2) is 0 Å². The van der Waals surface area contributed by atoms with Crippen molar-refractivity contribution in [2.45, 2.75) is 32.7 Å². The Morgan fingerprint density at radius 2 is 2.40 bits per heavy atom. The van der Waals surface area contributed by atoms with Crippen LogP contribution in [0.3, 0.4) is 0 Å². The number of nitriles is 1. The largest absolute Gasteiger partial charge is 0.315 e. The van der Waals surface area contributed by atoms with Crippen LogP contribution in [0.25, 0.3) is 0 Å². The molecule has 80 valence electrons. The molecule has 2 heterocycles. The Labute approximate surface area is 89.9 Å². The minimum absolute atomic E-state index is 0.469. The van der Waals surface area contributed by atoms with Crippen molar-refractivity contribution in [3.05, 3.63) is 17.0 Å². The molecule has 0 amide bonds. The molecular formula is C11H16N4. The van der Waals surface area contributed by atoms with Gasteiger partial charge in [0.1, 0.15) is 0 Å². The fourth-order valence-electron chi connectivity index (χ4n) is 2.24. The molecule has 1 aromatic heterocycles. The van der Waals surface area contributed by atoms with E-state index in [2.05, 4.69) is 28.1 Å². The second-order valence-electron chi connectivity index (χ2n) is 4.08. The van der Waals surface area contributed by atoms with Crippen molar-refractivity contribution in [3.8, 4) is 6.07 Å². The van der Waals surface area contributed by atoms with E-state index in [1.54, 1.807) is 0 Å². The maximum Gasteiger partial charge on any atom is 0.0671 e. The van der Waals surface area contributed by atoms with E-state index in [0.717, 1.165) is 36.5 Å². The van der Waals surface area contributed by atoms with Crippen LogP contribution in [-0.2, 0) is 6.42 Å². The van der Waals surface area contributed by atoms with Crippen molar-refractivity contribution in [1.82, 2.24) is 15.1 Å². The highest BCUT2D eigenvalue weighted by Gasteiger charge is 2.21. The van der Waals surface area contributed by atoms with Crippen molar-refractivity contribution < 1.29 is 0 Å². The zero-order valence-electron chi connectivity index (χ0n) is 9.25. The summed E-state index contributed by atoms with van der Waals surface area (Å²) in [6, 6.07) is 2.67. The lowest BCUT2D eigenvalue weighted by Crippen LogP contribution is -2.15. The molecule has 1 N–H and O–H groups in total. The third-order valence-electron chi connectivity index (χ3n) is 3.11. The molecule has 1 unspecified atom stereocenters. The Bertz CT molecular complexity index is 393. The average molecular weight is 204 g/mol. The summed E-state index contributed by atoms with van der Waals surface area (Å²) in [5.74, 6) is 0. The lowest BCUT2D eigenvalue weighted by Gasteiger charge is -2.11.